The predicted molar refractivity (Wildman–Crippen MR) is 43.7 cm³/mol. The molecule has 1 heterocycles. The fraction of sp³-hybridized carbons (Fsp3) is 0.444. The first-order chi connectivity index (χ1) is 5.79. The van der Waals surface area contributed by atoms with E-state index >= 15 is 0 Å². The molecule has 1 aliphatic rings. The Morgan fingerprint density at radius 1 is 1.67 bits per heavy atom. The number of methoxy groups -OCH3 is 1. The van der Waals surface area contributed by atoms with Gasteiger partial charge in [-0.2, -0.15) is 0 Å². The summed E-state index contributed by atoms with van der Waals surface area (Å²) in [6, 6.07) is 3.84. The molecule has 0 bridgehead atoms. The van der Waals surface area contributed by atoms with Crippen LogP contribution >= 0.6 is 0 Å². The Labute approximate surface area is 70.7 Å². The van der Waals surface area contributed by atoms with Crippen LogP contribution in [0, 0.1) is 0 Å². The average Bonchev–Trinajstić information content (AvgIpc) is 2.73. The van der Waals surface area contributed by atoms with Crippen LogP contribution in [0.1, 0.15) is 18.5 Å². The Bertz CT molecular complexity index is 285. The Hall–Kier alpha value is -1.25. The summed E-state index contributed by atoms with van der Waals surface area (Å²) in [5.74, 6) is -0.120. The molecule has 1 N–H and O–H groups in total. The Morgan fingerprint density at radius 2 is 2.42 bits per heavy atom. The van der Waals surface area contributed by atoms with E-state index in [4.69, 9.17) is 4.74 Å². The van der Waals surface area contributed by atoms with Crippen molar-refractivity contribution in [2.75, 3.05) is 7.11 Å². The molecule has 0 aromatic carbocycles. The Morgan fingerprint density at radius 3 is 2.83 bits per heavy atom. The molecular formula is C9H11NO2. The van der Waals surface area contributed by atoms with E-state index < -0.39 is 0 Å². The number of H-pyrrole nitrogens is 1. The minimum Gasteiger partial charge on any atom is -0.468 e. The highest BCUT2D eigenvalue weighted by atomic mass is 16.5. The first-order valence-corrected chi connectivity index (χ1v) is 4.02. The van der Waals surface area contributed by atoms with Gasteiger partial charge in [0.15, 0.2) is 0 Å². The van der Waals surface area contributed by atoms with Crippen molar-refractivity contribution < 1.29 is 9.53 Å². The van der Waals surface area contributed by atoms with Crippen molar-refractivity contribution in [1.29, 1.82) is 0 Å². The van der Waals surface area contributed by atoms with Crippen molar-refractivity contribution in [3.05, 3.63) is 24.0 Å². The summed E-state index contributed by atoms with van der Waals surface area (Å²) >= 11 is 0. The highest BCUT2D eigenvalue weighted by Crippen LogP contribution is 2.48. The van der Waals surface area contributed by atoms with Crippen LogP contribution in [0.4, 0.5) is 0 Å². The molecule has 64 valence electrons. The smallest absolute Gasteiger partial charge is 0.317 e. The lowest BCUT2D eigenvalue weighted by atomic mass is 10.0. The normalized spacial score (nSPS) is 18.8. The lowest BCUT2D eigenvalue weighted by Gasteiger charge is -2.09. The van der Waals surface area contributed by atoms with Crippen LogP contribution in [-0.2, 0) is 14.9 Å². The van der Waals surface area contributed by atoms with Gasteiger partial charge in [-0.25, -0.2) is 0 Å². The van der Waals surface area contributed by atoms with E-state index in [-0.39, 0.29) is 11.4 Å². The van der Waals surface area contributed by atoms with Gasteiger partial charge < -0.3 is 9.72 Å². The number of ether oxygens (including phenoxy) is 1. The minimum atomic E-state index is -0.335. The lowest BCUT2D eigenvalue weighted by molar-refractivity contribution is -0.143. The van der Waals surface area contributed by atoms with Gasteiger partial charge in [-0.15, -0.1) is 0 Å². The number of aromatic amines is 1. The molecule has 0 saturated heterocycles. The van der Waals surface area contributed by atoms with E-state index in [1.165, 1.54) is 7.11 Å². The summed E-state index contributed by atoms with van der Waals surface area (Å²) in [6.45, 7) is 0. The number of esters is 1. The second kappa shape index (κ2) is 2.37. The van der Waals surface area contributed by atoms with Gasteiger partial charge in [-0.3, -0.25) is 4.79 Å². The van der Waals surface area contributed by atoms with Crippen molar-refractivity contribution >= 4 is 5.97 Å². The Kier molecular flexibility index (Phi) is 1.46. The summed E-state index contributed by atoms with van der Waals surface area (Å²) in [4.78, 5) is 14.4. The van der Waals surface area contributed by atoms with Gasteiger partial charge >= 0.3 is 5.97 Å². The zero-order valence-electron chi connectivity index (χ0n) is 6.96. The van der Waals surface area contributed by atoms with Crippen molar-refractivity contribution in [2.24, 2.45) is 0 Å². The van der Waals surface area contributed by atoms with E-state index in [0.717, 1.165) is 18.5 Å². The Balaban J connectivity index is 2.28. The highest BCUT2D eigenvalue weighted by molar-refractivity contribution is 5.85. The van der Waals surface area contributed by atoms with Gasteiger partial charge in [-0.1, -0.05) is 0 Å². The summed E-state index contributed by atoms with van der Waals surface area (Å²) in [5, 5.41) is 0. The maximum absolute atomic E-state index is 11.4. The number of carbonyl (C=O) groups is 1. The molecule has 12 heavy (non-hydrogen) atoms. The lowest BCUT2D eigenvalue weighted by Crippen LogP contribution is -2.22. The van der Waals surface area contributed by atoms with Crippen LogP contribution in [-0.4, -0.2) is 18.1 Å². The quantitative estimate of drug-likeness (QED) is 0.669. The third-order valence-electron chi connectivity index (χ3n) is 2.44. The molecule has 0 amide bonds. The summed E-state index contributed by atoms with van der Waals surface area (Å²) in [7, 11) is 1.44. The van der Waals surface area contributed by atoms with Crippen LogP contribution in [0.15, 0.2) is 18.3 Å². The highest BCUT2D eigenvalue weighted by Gasteiger charge is 2.53. The number of aromatic nitrogens is 1. The molecule has 0 aliphatic heterocycles. The molecule has 0 unspecified atom stereocenters. The number of nitrogens with one attached hydrogen (secondary N) is 1. The zero-order chi connectivity index (χ0) is 8.60. The third kappa shape index (κ3) is 0.858. The second-order valence-electron chi connectivity index (χ2n) is 3.16. The molecule has 1 aromatic rings. The van der Waals surface area contributed by atoms with Gasteiger partial charge in [0.1, 0.15) is 5.41 Å². The van der Waals surface area contributed by atoms with E-state index in [2.05, 4.69) is 4.98 Å². The van der Waals surface area contributed by atoms with Gasteiger partial charge in [0.05, 0.1) is 7.11 Å². The fourth-order valence-corrected chi connectivity index (χ4v) is 1.53. The molecule has 0 radical (unpaired) electrons. The number of rotatable bonds is 2. The number of hydrogen-bond acceptors (Lipinski definition) is 2. The maximum Gasteiger partial charge on any atom is 0.317 e. The summed E-state index contributed by atoms with van der Waals surface area (Å²) in [6.07, 6.45) is 3.64. The van der Waals surface area contributed by atoms with Crippen molar-refractivity contribution in [1.82, 2.24) is 4.98 Å². The average molecular weight is 165 g/mol. The van der Waals surface area contributed by atoms with Gasteiger partial charge in [0.2, 0.25) is 0 Å². The van der Waals surface area contributed by atoms with Crippen LogP contribution in [0.5, 0.6) is 0 Å². The molecular weight excluding hydrogens is 154 g/mol. The molecule has 1 aliphatic carbocycles. The van der Waals surface area contributed by atoms with E-state index in [1.54, 1.807) is 0 Å². The molecule has 0 atom stereocenters. The molecule has 3 heteroatoms. The summed E-state index contributed by atoms with van der Waals surface area (Å²) < 4.78 is 4.74. The van der Waals surface area contributed by atoms with Crippen LogP contribution < -0.4 is 0 Å². The van der Waals surface area contributed by atoms with Crippen molar-refractivity contribution in [3.63, 3.8) is 0 Å². The molecule has 1 aromatic heterocycles. The predicted octanol–water partition coefficient (Wildman–Crippen LogP) is 1.22. The zero-order valence-corrected chi connectivity index (χ0v) is 6.96. The fourth-order valence-electron chi connectivity index (χ4n) is 1.53. The SMILES string of the molecule is COC(=O)C1(c2ccc[nH]2)CC1. The molecule has 1 fully saturated rings. The minimum absolute atomic E-state index is 0.120. The van der Waals surface area contributed by atoms with E-state index in [0.29, 0.717) is 0 Å². The maximum atomic E-state index is 11.4. The topological polar surface area (TPSA) is 42.1 Å². The first-order valence-electron chi connectivity index (χ1n) is 4.02. The van der Waals surface area contributed by atoms with Gasteiger partial charge in [0, 0.05) is 11.9 Å². The van der Waals surface area contributed by atoms with Crippen molar-refractivity contribution in [2.45, 2.75) is 18.3 Å². The molecule has 2 rings (SSSR count). The van der Waals surface area contributed by atoms with E-state index in [1.807, 2.05) is 18.3 Å². The third-order valence-corrected chi connectivity index (χ3v) is 2.44. The first kappa shape index (κ1) is 7.40. The van der Waals surface area contributed by atoms with Crippen molar-refractivity contribution in [3.8, 4) is 0 Å². The van der Waals surface area contributed by atoms with Crippen LogP contribution in [0.2, 0.25) is 0 Å². The molecule has 1 saturated carbocycles. The number of carbonyl (C=O) groups excluding carboxylic acids is 1. The standard InChI is InChI=1S/C9H11NO2/c1-12-8(11)9(4-5-9)7-3-2-6-10-7/h2-3,6,10H,4-5H2,1H3. The molecule has 0 spiro atoms. The van der Waals surface area contributed by atoms with Gasteiger partial charge in [-0.05, 0) is 25.0 Å². The van der Waals surface area contributed by atoms with E-state index in [9.17, 15) is 4.79 Å². The largest absolute Gasteiger partial charge is 0.468 e. The van der Waals surface area contributed by atoms with Crippen LogP contribution in [0.3, 0.4) is 0 Å². The summed E-state index contributed by atoms with van der Waals surface area (Å²) in [5.41, 5.74) is 0.646. The number of hydrogen-bond donors (Lipinski definition) is 1. The monoisotopic (exact) mass is 165 g/mol. The molecule has 3 nitrogen and oxygen atoms in total. The van der Waals surface area contributed by atoms with Gasteiger partial charge in [0.25, 0.3) is 0 Å². The van der Waals surface area contributed by atoms with Crippen LogP contribution in [0.25, 0.3) is 0 Å². The second-order valence-corrected chi connectivity index (χ2v) is 3.16.